The van der Waals surface area contributed by atoms with Crippen molar-refractivity contribution in [1.29, 1.82) is 0 Å². The number of nitrogens with zero attached hydrogens (tertiary/aromatic N) is 1. The number of carbonyl (C=O) groups excluding carboxylic acids is 2. The van der Waals surface area contributed by atoms with Gasteiger partial charge in [-0.2, -0.15) is 0 Å². The zero-order chi connectivity index (χ0) is 23.1. The van der Waals surface area contributed by atoms with Crippen molar-refractivity contribution in [2.75, 3.05) is 32.7 Å². The van der Waals surface area contributed by atoms with Crippen LogP contribution in [-0.2, 0) is 4.79 Å². The molecule has 1 saturated heterocycles. The van der Waals surface area contributed by atoms with E-state index >= 15 is 0 Å². The molecule has 0 radical (unpaired) electrons. The summed E-state index contributed by atoms with van der Waals surface area (Å²) in [7, 11) is 3.06. The van der Waals surface area contributed by atoms with Crippen molar-refractivity contribution in [3.63, 3.8) is 0 Å². The van der Waals surface area contributed by atoms with Gasteiger partial charge in [-0.25, -0.2) is 0 Å². The fraction of sp³-hybridized carbons (Fsp3) is 0.417. The van der Waals surface area contributed by atoms with Crippen LogP contribution in [0.25, 0.3) is 0 Å². The molecule has 3 rings (SSSR count). The number of carbonyl (C=O) groups is 2. The molecule has 8 heteroatoms. The number of ether oxygens (including phenoxy) is 3. The molecule has 32 heavy (non-hydrogen) atoms. The van der Waals surface area contributed by atoms with Gasteiger partial charge in [0, 0.05) is 17.6 Å². The van der Waals surface area contributed by atoms with Crippen LogP contribution in [0.15, 0.2) is 36.4 Å². The van der Waals surface area contributed by atoms with Crippen molar-refractivity contribution in [3.05, 3.63) is 47.0 Å². The minimum Gasteiger partial charge on any atom is -0.497 e. The Morgan fingerprint density at radius 2 is 1.91 bits per heavy atom. The van der Waals surface area contributed by atoms with Crippen molar-refractivity contribution >= 4 is 29.1 Å². The van der Waals surface area contributed by atoms with Crippen molar-refractivity contribution < 1.29 is 23.8 Å². The zero-order valence-electron chi connectivity index (χ0n) is 18.7. The lowest BCUT2D eigenvalue weighted by Gasteiger charge is -2.25. The Hall–Kier alpha value is -2.93. The summed E-state index contributed by atoms with van der Waals surface area (Å²) in [6, 6.07) is 9.55. The summed E-state index contributed by atoms with van der Waals surface area (Å²) in [6.07, 6.45) is 3.21. The van der Waals surface area contributed by atoms with Crippen LogP contribution in [0.5, 0.6) is 17.2 Å². The first kappa shape index (κ1) is 23.7. The van der Waals surface area contributed by atoms with Gasteiger partial charge in [0.1, 0.15) is 23.3 Å². The number of likely N-dealkylation sites (tertiary alicyclic amines) is 1. The molecule has 1 aliphatic heterocycles. The van der Waals surface area contributed by atoms with Crippen LogP contribution < -0.4 is 19.5 Å². The Balaban J connectivity index is 1.80. The number of methoxy groups -OCH3 is 2. The van der Waals surface area contributed by atoms with Crippen molar-refractivity contribution in [2.45, 2.75) is 38.6 Å². The summed E-state index contributed by atoms with van der Waals surface area (Å²) in [6.45, 7) is 3.11. The third-order valence-electron chi connectivity index (χ3n) is 5.41. The molecule has 0 bridgehead atoms. The maximum absolute atomic E-state index is 13.3. The highest BCUT2D eigenvalue weighted by atomic mass is 35.5. The SMILES string of the molecule is CCCCOc1ccc(OC)cc1NC(=O)C1CCCN1C(=O)c1cc(Cl)ccc1OC. The Bertz CT molecular complexity index is 965. The fourth-order valence-corrected chi connectivity index (χ4v) is 3.86. The van der Waals surface area contributed by atoms with Gasteiger partial charge in [0.25, 0.3) is 5.91 Å². The van der Waals surface area contributed by atoms with Gasteiger partial charge in [-0.15, -0.1) is 0 Å². The highest BCUT2D eigenvalue weighted by Crippen LogP contribution is 2.32. The van der Waals surface area contributed by atoms with Crippen molar-refractivity contribution in [2.24, 2.45) is 0 Å². The molecule has 0 saturated carbocycles. The first-order valence-electron chi connectivity index (χ1n) is 10.7. The summed E-state index contributed by atoms with van der Waals surface area (Å²) in [4.78, 5) is 28.0. The number of halogens is 1. The van der Waals surface area contributed by atoms with Crippen LogP contribution in [0.1, 0.15) is 43.0 Å². The quantitative estimate of drug-likeness (QED) is 0.545. The van der Waals surface area contributed by atoms with Crippen LogP contribution in [0.3, 0.4) is 0 Å². The predicted molar refractivity (Wildman–Crippen MR) is 124 cm³/mol. The van der Waals surface area contributed by atoms with Gasteiger partial charge in [-0.05, 0) is 49.6 Å². The Kier molecular flexibility index (Phi) is 8.22. The molecule has 172 valence electrons. The number of unbranched alkanes of at least 4 members (excludes halogenated alkanes) is 1. The molecule has 1 fully saturated rings. The minimum absolute atomic E-state index is 0.273. The van der Waals surface area contributed by atoms with Gasteiger partial charge in [-0.1, -0.05) is 24.9 Å². The first-order valence-corrected chi connectivity index (χ1v) is 11.1. The second kappa shape index (κ2) is 11.1. The number of rotatable bonds is 9. The van der Waals surface area contributed by atoms with E-state index in [-0.39, 0.29) is 11.8 Å². The molecular formula is C24H29ClN2O5. The molecule has 1 unspecified atom stereocenters. The molecule has 2 aromatic carbocycles. The molecule has 1 heterocycles. The number of nitrogens with one attached hydrogen (secondary N) is 1. The van der Waals surface area contributed by atoms with Gasteiger partial charge >= 0.3 is 0 Å². The molecule has 7 nitrogen and oxygen atoms in total. The van der Waals surface area contributed by atoms with E-state index < -0.39 is 6.04 Å². The highest BCUT2D eigenvalue weighted by Gasteiger charge is 2.36. The fourth-order valence-electron chi connectivity index (χ4n) is 3.69. The monoisotopic (exact) mass is 460 g/mol. The second-order valence-electron chi connectivity index (χ2n) is 7.55. The van der Waals surface area contributed by atoms with Crippen molar-refractivity contribution in [1.82, 2.24) is 4.90 Å². The summed E-state index contributed by atoms with van der Waals surface area (Å²) in [5.41, 5.74) is 0.856. The van der Waals surface area contributed by atoms with Crippen LogP contribution in [0.4, 0.5) is 5.69 Å². The molecule has 0 aromatic heterocycles. The number of anilines is 1. The van der Waals surface area contributed by atoms with E-state index in [1.54, 1.807) is 48.4 Å². The number of hydrogen-bond donors (Lipinski definition) is 1. The minimum atomic E-state index is -0.610. The lowest BCUT2D eigenvalue weighted by Crippen LogP contribution is -2.43. The van der Waals surface area contributed by atoms with Crippen LogP contribution in [0.2, 0.25) is 5.02 Å². The number of hydrogen-bond acceptors (Lipinski definition) is 5. The van der Waals surface area contributed by atoms with E-state index in [1.165, 1.54) is 7.11 Å². The molecule has 1 N–H and O–H groups in total. The van der Waals surface area contributed by atoms with E-state index in [9.17, 15) is 9.59 Å². The summed E-state index contributed by atoms with van der Waals surface area (Å²) < 4.78 is 16.5. The first-order chi connectivity index (χ1) is 15.5. The molecule has 0 spiro atoms. The normalized spacial score (nSPS) is 15.4. The predicted octanol–water partition coefficient (Wildman–Crippen LogP) is 4.78. The Labute approximate surface area is 193 Å². The molecule has 1 aliphatic rings. The summed E-state index contributed by atoms with van der Waals surface area (Å²) in [5, 5.41) is 3.37. The van der Waals surface area contributed by atoms with Gasteiger partial charge in [0.15, 0.2) is 0 Å². The van der Waals surface area contributed by atoms with E-state index in [0.717, 1.165) is 19.3 Å². The molecule has 2 amide bonds. The van der Waals surface area contributed by atoms with Gasteiger partial charge in [-0.3, -0.25) is 9.59 Å². The smallest absolute Gasteiger partial charge is 0.258 e. The van der Waals surface area contributed by atoms with Crippen molar-refractivity contribution in [3.8, 4) is 17.2 Å². The van der Waals surface area contributed by atoms with E-state index in [0.29, 0.717) is 53.1 Å². The Morgan fingerprint density at radius 1 is 1.12 bits per heavy atom. The summed E-state index contributed by atoms with van der Waals surface area (Å²) in [5.74, 6) is 1.04. The molecule has 1 atom stereocenters. The van der Waals surface area contributed by atoms with Gasteiger partial charge in [0.2, 0.25) is 5.91 Å². The van der Waals surface area contributed by atoms with Gasteiger partial charge < -0.3 is 24.4 Å². The molecular weight excluding hydrogens is 432 g/mol. The second-order valence-corrected chi connectivity index (χ2v) is 7.99. The third-order valence-corrected chi connectivity index (χ3v) is 5.64. The third kappa shape index (κ3) is 5.46. The average molecular weight is 461 g/mol. The van der Waals surface area contributed by atoms with E-state index in [2.05, 4.69) is 12.2 Å². The topological polar surface area (TPSA) is 77.1 Å². The molecule has 2 aromatic rings. The van der Waals surface area contributed by atoms with Crippen LogP contribution in [0, 0.1) is 0 Å². The molecule has 0 aliphatic carbocycles. The van der Waals surface area contributed by atoms with Gasteiger partial charge in [0.05, 0.1) is 32.1 Å². The Morgan fingerprint density at radius 3 is 2.62 bits per heavy atom. The summed E-state index contributed by atoms with van der Waals surface area (Å²) >= 11 is 6.10. The number of amides is 2. The lowest BCUT2D eigenvalue weighted by atomic mass is 10.1. The maximum atomic E-state index is 13.3. The maximum Gasteiger partial charge on any atom is 0.258 e. The standard InChI is InChI=1S/C24H29ClN2O5/c1-4-5-13-32-22-11-9-17(30-2)15-19(22)26-23(28)20-7-6-12-27(20)24(29)18-14-16(25)8-10-21(18)31-3/h8-11,14-15,20H,4-7,12-13H2,1-3H3,(H,26,28). The van der Waals surface area contributed by atoms with E-state index in [4.69, 9.17) is 25.8 Å². The largest absolute Gasteiger partial charge is 0.497 e. The highest BCUT2D eigenvalue weighted by molar-refractivity contribution is 6.31. The number of benzene rings is 2. The van der Waals surface area contributed by atoms with Crippen LogP contribution in [-0.4, -0.2) is 50.1 Å². The average Bonchev–Trinajstić information content (AvgIpc) is 3.29. The lowest BCUT2D eigenvalue weighted by molar-refractivity contribution is -0.119. The zero-order valence-corrected chi connectivity index (χ0v) is 19.4. The van der Waals surface area contributed by atoms with Crippen LogP contribution >= 0.6 is 11.6 Å². The van der Waals surface area contributed by atoms with E-state index in [1.807, 2.05) is 0 Å².